The van der Waals surface area contributed by atoms with Crippen LogP contribution in [0.4, 0.5) is 0 Å². The number of carbonyl (C=O) groups excluding carboxylic acids is 1. The Morgan fingerprint density at radius 3 is 2.73 bits per heavy atom. The normalized spacial score (nSPS) is 19.9. The van der Waals surface area contributed by atoms with Gasteiger partial charge in [0, 0.05) is 22.9 Å². The lowest BCUT2D eigenvalue weighted by atomic mass is 9.94. The van der Waals surface area contributed by atoms with Gasteiger partial charge in [-0.15, -0.1) is 0 Å². The van der Waals surface area contributed by atoms with E-state index < -0.39 is 17.4 Å². The summed E-state index contributed by atoms with van der Waals surface area (Å²) in [7, 11) is 0. The first-order valence-electron chi connectivity index (χ1n) is 8.52. The van der Waals surface area contributed by atoms with Crippen LogP contribution in [0.3, 0.4) is 0 Å². The summed E-state index contributed by atoms with van der Waals surface area (Å²) in [6.45, 7) is 2.45. The first kappa shape index (κ1) is 16.6. The number of aliphatic carboxylic acids is 1. The Morgan fingerprint density at radius 2 is 2.00 bits per heavy atom. The summed E-state index contributed by atoms with van der Waals surface area (Å²) in [6, 6.07) is 11.8. The zero-order valence-corrected chi connectivity index (χ0v) is 14.4. The van der Waals surface area contributed by atoms with E-state index in [1.54, 1.807) is 0 Å². The summed E-state index contributed by atoms with van der Waals surface area (Å²) in [5.41, 5.74) is 0.518. The van der Waals surface area contributed by atoms with Crippen LogP contribution in [0.15, 0.2) is 40.8 Å². The lowest BCUT2D eigenvalue weighted by Gasteiger charge is -2.26. The molecule has 1 saturated heterocycles. The van der Waals surface area contributed by atoms with Crippen LogP contribution < -0.4 is 5.32 Å². The van der Waals surface area contributed by atoms with Gasteiger partial charge in [0.05, 0.1) is 18.6 Å². The van der Waals surface area contributed by atoms with Crippen molar-refractivity contribution in [3.05, 3.63) is 47.7 Å². The Balaban J connectivity index is 1.74. The first-order valence-corrected chi connectivity index (χ1v) is 8.52. The average molecular weight is 353 g/mol. The summed E-state index contributed by atoms with van der Waals surface area (Å²) in [5, 5.41) is 14.9. The van der Waals surface area contributed by atoms with Gasteiger partial charge in [0.1, 0.15) is 5.58 Å². The molecule has 0 spiro atoms. The Kier molecular flexibility index (Phi) is 3.92. The molecule has 1 fully saturated rings. The number of carboxylic acid groups (broad SMARTS) is 1. The number of furan rings is 1. The van der Waals surface area contributed by atoms with Crippen molar-refractivity contribution in [2.24, 2.45) is 0 Å². The Labute approximate surface area is 149 Å². The maximum absolute atomic E-state index is 12.9. The number of ether oxygens (including phenoxy) is 1. The zero-order valence-electron chi connectivity index (χ0n) is 14.4. The number of amides is 1. The van der Waals surface area contributed by atoms with E-state index in [0.29, 0.717) is 18.6 Å². The van der Waals surface area contributed by atoms with Gasteiger partial charge in [-0.25, -0.2) is 0 Å². The number of carboxylic acids is 1. The lowest BCUT2D eigenvalue weighted by Crippen LogP contribution is -2.50. The highest BCUT2D eigenvalue weighted by molar-refractivity contribution is 6.09. The Bertz CT molecular complexity index is 1010. The number of hydrogen-bond acceptors (Lipinski definition) is 4. The van der Waals surface area contributed by atoms with Crippen molar-refractivity contribution in [1.29, 1.82) is 0 Å². The molecule has 0 bridgehead atoms. The number of hydrogen-bond donors (Lipinski definition) is 2. The van der Waals surface area contributed by atoms with E-state index in [1.165, 1.54) is 0 Å². The van der Waals surface area contributed by atoms with Crippen molar-refractivity contribution in [2.75, 3.05) is 13.2 Å². The topological polar surface area (TPSA) is 88.8 Å². The monoisotopic (exact) mass is 353 g/mol. The standard InChI is InChI=1S/C20H19NO5/c1-12-14-7-6-13-4-2-3-5-15(13)18(14)26-17(12)19(24)21-20(10-16(22)23)8-9-25-11-20/h2-7H,8-11H2,1H3,(H,21,24)(H,22,23). The van der Waals surface area contributed by atoms with Crippen LogP contribution in [0.1, 0.15) is 29.0 Å². The van der Waals surface area contributed by atoms with E-state index in [1.807, 2.05) is 43.3 Å². The first-order chi connectivity index (χ1) is 12.5. The second-order valence-corrected chi connectivity index (χ2v) is 6.83. The predicted molar refractivity (Wildman–Crippen MR) is 96.3 cm³/mol. The SMILES string of the molecule is Cc1c(C(=O)NC2(CC(=O)O)CCOC2)oc2c1ccc1ccccc12. The molecule has 4 rings (SSSR count). The molecule has 26 heavy (non-hydrogen) atoms. The van der Waals surface area contributed by atoms with E-state index in [9.17, 15) is 14.7 Å². The van der Waals surface area contributed by atoms with Crippen molar-refractivity contribution in [3.63, 3.8) is 0 Å². The second kappa shape index (κ2) is 6.14. The van der Waals surface area contributed by atoms with E-state index in [2.05, 4.69) is 5.32 Å². The lowest BCUT2D eigenvalue weighted by molar-refractivity contribution is -0.138. The van der Waals surface area contributed by atoms with Gasteiger partial charge in [0.2, 0.25) is 0 Å². The molecule has 134 valence electrons. The highest BCUT2D eigenvalue weighted by atomic mass is 16.5. The molecule has 1 aliphatic heterocycles. The van der Waals surface area contributed by atoms with E-state index in [4.69, 9.17) is 9.15 Å². The number of benzene rings is 2. The number of aryl methyl sites for hydroxylation is 1. The van der Waals surface area contributed by atoms with Gasteiger partial charge in [0.25, 0.3) is 5.91 Å². The number of nitrogens with one attached hydrogen (secondary N) is 1. The molecule has 2 heterocycles. The number of fused-ring (bicyclic) bond motifs is 3. The molecule has 3 aromatic rings. The molecule has 0 saturated carbocycles. The number of rotatable bonds is 4. The highest BCUT2D eigenvalue weighted by Crippen LogP contribution is 2.32. The minimum atomic E-state index is -0.969. The van der Waals surface area contributed by atoms with Gasteiger partial charge >= 0.3 is 5.97 Å². The molecule has 1 aliphatic rings. The average Bonchev–Trinajstić information content (AvgIpc) is 3.19. The Hall–Kier alpha value is -2.86. The van der Waals surface area contributed by atoms with Gasteiger partial charge in [-0.3, -0.25) is 9.59 Å². The van der Waals surface area contributed by atoms with E-state index in [0.717, 1.165) is 21.7 Å². The molecule has 0 aliphatic carbocycles. The summed E-state index contributed by atoms with van der Waals surface area (Å²) >= 11 is 0. The van der Waals surface area contributed by atoms with Crippen molar-refractivity contribution in [3.8, 4) is 0 Å². The summed E-state index contributed by atoms with van der Waals surface area (Å²) in [6.07, 6.45) is 0.286. The molecular formula is C20H19NO5. The maximum atomic E-state index is 12.9. The Morgan fingerprint density at radius 1 is 1.19 bits per heavy atom. The molecule has 1 atom stereocenters. The zero-order chi connectivity index (χ0) is 18.3. The minimum absolute atomic E-state index is 0.180. The van der Waals surface area contributed by atoms with Crippen molar-refractivity contribution in [1.82, 2.24) is 5.32 Å². The molecular weight excluding hydrogens is 334 g/mol. The van der Waals surface area contributed by atoms with Gasteiger partial charge in [0.15, 0.2) is 5.76 Å². The third-order valence-electron chi connectivity index (χ3n) is 5.01. The molecule has 1 amide bonds. The molecule has 6 heteroatoms. The van der Waals surface area contributed by atoms with Crippen LogP contribution in [0.25, 0.3) is 21.7 Å². The fourth-order valence-electron chi connectivity index (χ4n) is 3.64. The molecule has 2 N–H and O–H groups in total. The molecule has 6 nitrogen and oxygen atoms in total. The molecule has 1 aromatic heterocycles. The van der Waals surface area contributed by atoms with Crippen LogP contribution in [0, 0.1) is 6.92 Å². The van der Waals surface area contributed by atoms with Crippen LogP contribution >= 0.6 is 0 Å². The third-order valence-corrected chi connectivity index (χ3v) is 5.01. The van der Waals surface area contributed by atoms with Crippen molar-refractivity contribution in [2.45, 2.75) is 25.3 Å². The van der Waals surface area contributed by atoms with Gasteiger partial charge < -0.3 is 19.6 Å². The van der Waals surface area contributed by atoms with Crippen LogP contribution in [-0.4, -0.2) is 35.7 Å². The van der Waals surface area contributed by atoms with Crippen molar-refractivity contribution >= 4 is 33.6 Å². The maximum Gasteiger partial charge on any atom is 0.305 e. The number of carbonyl (C=O) groups is 2. The third kappa shape index (κ3) is 2.72. The van der Waals surface area contributed by atoms with Gasteiger partial charge in [-0.05, 0) is 18.7 Å². The summed E-state index contributed by atoms with van der Waals surface area (Å²) in [4.78, 5) is 24.1. The van der Waals surface area contributed by atoms with Crippen LogP contribution in [0.2, 0.25) is 0 Å². The summed E-state index contributed by atoms with van der Waals surface area (Å²) < 4.78 is 11.3. The summed E-state index contributed by atoms with van der Waals surface area (Å²) in [5.74, 6) is -1.16. The van der Waals surface area contributed by atoms with Crippen molar-refractivity contribution < 1.29 is 23.8 Å². The fourth-order valence-corrected chi connectivity index (χ4v) is 3.64. The van der Waals surface area contributed by atoms with Crippen LogP contribution in [0.5, 0.6) is 0 Å². The largest absolute Gasteiger partial charge is 0.481 e. The van der Waals surface area contributed by atoms with E-state index >= 15 is 0 Å². The van der Waals surface area contributed by atoms with Crippen LogP contribution in [-0.2, 0) is 9.53 Å². The minimum Gasteiger partial charge on any atom is -0.481 e. The highest BCUT2D eigenvalue weighted by Gasteiger charge is 2.39. The van der Waals surface area contributed by atoms with Gasteiger partial charge in [-0.2, -0.15) is 0 Å². The second-order valence-electron chi connectivity index (χ2n) is 6.83. The molecule has 0 radical (unpaired) electrons. The van der Waals surface area contributed by atoms with E-state index in [-0.39, 0.29) is 18.8 Å². The quantitative estimate of drug-likeness (QED) is 0.751. The van der Waals surface area contributed by atoms with Gasteiger partial charge in [-0.1, -0.05) is 36.4 Å². The molecule has 2 aromatic carbocycles. The predicted octanol–water partition coefficient (Wildman–Crippen LogP) is 3.26. The smallest absolute Gasteiger partial charge is 0.305 e. The fraction of sp³-hybridized carbons (Fsp3) is 0.300. The molecule has 1 unspecified atom stereocenters.